The highest BCUT2D eigenvalue weighted by Crippen LogP contribution is 2.60. The van der Waals surface area contributed by atoms with Gasteiger partial charge in [-0.15, -0.1) is 0 Å². The summed E-state index contributed by atoms with van der Waals surface area (Å²) >= 11 is 0. The van der Waals surface area contributed by atoms with Gasteiger partial charge in [0.1, 0.15) is 11.5 Å². The predicted octanol–water partition coefficient (Wildman–Crippen LogP) is 6.50. The molecule has 0 radical (unpaired) electrons. The molecular weight excluding hydrogens is 389 g/mol. The Balaban J connectivity index is 1.52. The number of Topliss-reactive ketones (excluding diaryl/α,β-unsaturated/α-hetero) is 1. The average molecular weight is 414 g/mol. The van der Waals surface area contributed by atoms with Crippen LogP contribution >= 0.6 is 0 Å². The first-order valence-corrected chi connectivity index (χ1v) is 10.8. The third-order valence-corrected chi connectivity index (χ3v) is 8.07. The second-order valence-corrected chi connectivity index (χ2v) is 9.48. The summed E-state index contributed by atoms with van der Waals surface area (Å²) in [5.74, 6) is 1.76. The molecule has 4 atom stereocenters. The van der Waals surface area contributed by atoms with Gasteiger partial charge < -0.3 is 5.11 Å². The topological polar surface area (TPSA) is 37.3 Å². The number of fused-ring (bicyclic) bond motifs is 5. The number of benzene rings is 2. The Morgan fingerprint density at radius 1 is 1.03 bits per heavy atom. The van der Waals surface area contributed by atoms with E-state index in [0.29, 0.717) is 41.1 Å². The molecule has 1 N–H and O–H groups in total. The van der Waals surface area contributed by atoms with Crippen LogP contribution in [-0.2, 0) is 17.4 Å². The molecule has 2 nitrogen and oxygen atoms in total. The molecule has 0 heterocycles. The third-order valence-electron chi connectivity index (χ3n) is 8.07. The largest absolute Gasteiger partial charge is 0.507 e. The fraction of sp³-hybridized carbons (Fsp3) is 0.480. The number of phenolic OH excluding ortho intramolecular Hbond substituents is 1. The number of rotatable bonds is 1. The minimum absolute atomic E-state index is 0.114. The number of halogens is 3. The molecule has 2 saturated carbocycles. The number of hydrogen-bond acceptors (Lipinski definition) is 2. The van der Waals surface area contributed by atoms with Crippen LogP contribution in [0.15, 0.2) is 36.4 Å². The van der Waals surface area contributed by atoms with Crippen molar-refractivity contribution in [1.29, 1.82) is 0 Å². The molecule has 0 bridgehead atoms. The van der Waals surface area contributed by atoms with Crippen LogP contribution in [0.2, 0.25) is 0 Å². The van der Waals surface area contributed by atoms with Crippen LogP contribution in [-0.4, -0.2) is 10.9 Å². The van der Waals surface area contributed by atoms with Crippen LogP contribution in [0.4, 0.5) is 13.2 Å². The molecule has 0 unspecified atom stereocenters. The summed E-state index contributed by atoms with van der Waals surface area (Å²) in [4.78, 5) is 12.5. The van der Waals surface area contributed by atoms with Gasteiger partial charge in [0.2, 0.25) is 0 Å². The lowest BCUT2D eigenvalue weighted by Gasteiger charge is -2.48. The smallest absolute Gasteiger partial charge is 0.416 e. The zero-order valence-corrected chi connectivity index (χ0v) is 16.9. The molecule has 158 valence electrons. The van der Waals surface area contributed by atoms with Gasteiger partial charge in [0.25, 0.3) is 0 Å². The molecule has 2 aromatic carbocycles. The highest BCUT2D eigenvalue weighted by Gasteiger charge is 2.54. The fourth-order valence-corrected chi connectivity index (χ4v) is 6.45. The van der Waals surface area contributed by atoms with Gasteiger partial charge in [-0.25, -0.2) is 0 Å². The molecular formula is C25H25F3O2. The van der Waals surface area contributed by atoms with E-state index in [-0.39, 0.29) is 11.2 Å². The van der Waals surface area contributed by atoms with Crippen molar-refractivity contribution >= 4 is 5.78 Å². The Bertz CT molecular complexity index is 1010. The monoisotopic (exact) mass is 414 g/mol. The first kappa shape index (κ1) is 19.7. The van der Waals surface area contributed by atoms with Gasteiger partial charge in [-0.3, -0.25) is 4.79 Å². The minimum Gasteiger partial charge on any atom is -0.507 e. The van der Waals surface area contributed by atoms with E-state index in [1.165, 1.54) is 17.7 Å². The molecule has 0 aliphatic heterocycles. The number of aryl methyl sites for hydroxylation is 1. The molecule has 5 rings (SSSR count). The first-order valence-electron chi connectivity index (χ1n) is 10.8. The van der Waals surface area contributed by atoms with Gasteiger partial charge in [-0.1, -0.05) is 19.1 Å². The van der Waals surface area contributed by atoms with Crippen molar-refractivity contribution in [2.24, 2.45) is 17.3 Å². The Morgan fingerprint density at radius 2 is 1.77 bits per heavy atom. The van der Waals surface area contributed by atoms with E-state index < -0.39 is 11.7 Å². The Labute approximate surface area is 174 Å². The maximum absolute atomic E-state index is 12.9. The highest BCUT2D eigenvalue weighted by atomic mass is 19.4. The predicted molar refractivity (Wildman–Crippen MR) is 108 cm³/mol. The van der Waals surface area contributed by atoms with E-state index in [0.717, 1.165) is 49.8 Å². The molecule has 0 saturated heterocycles. The zero-order chi connectivity index (χ0) is 21.3. The van der Waals surface area contributed by atoms with Gasteiger partial charge in [-0.2, -0.15) is 13.2 Å². The molecule has 3 aliphatic carbocycles. The summed E-state index contributed by atoms with van der Waals surface area (Å²) in [7, 11) is 0. The van der Waals surface area contributed by atoms with E-state index in [1.54, 1.807) is 6.07 Å². The van der Waals surface area contributed by atoms with Crippen molar-refractivity contribution in [2.45, 2.75) is 57.5 Å². The standard InChI is InChI=1S/C25H25F3O2/c1-24-11-10-17-18(21(24)8-9-23(24)30)7-4-15-12-22(29)20(13-19(15)17)14-2-5-16(6-3-14)25(26,27)28/h2-3,5-6,12-13,17-18,21,29H,4,7-11H2,1H3/t17-,18+,21-,24-/m0/s1. The highest BCUT2D eigenvalue weighted by molar-refractivity contribution is 5.87. The maximum Gasteiger partial charge on any atom is 0.416 e. The van der Waals surface area contributed by atoms with Gasteiger partial charge in [0.05, 0.1) is 5.56 Å². The Hall–Kier alpha value is -2.30. The minimum atomic E-state index is -4.38. The number of alkyl halides is 3. The number of aromatic hydroxyl groups is 1. The van der Waals surface area contributed by atoms with Gasteiger partial charge in [0, 0.05) is 17.4 Å². The second-order valence-electron chi connectivity index (χ2n) is 9.48. The van der Waals surface area contributed by atoms with Crippen LogP contribution in [0.5, 0.6) is 5.75 Å². The number of ketones is 1. The summed E-state index contributed by atoms with van der Waals surface area (Å²) in [5, 5.41) is 10.6. The van der Waals surface area contributed by atoms with Crippen LogP contribution < -0.4 is 0 Å². The number of carbonyl (C=O) groups is 1. The average Bonchev–Trinajstić information content (AvgIpc) is 3.01. The lowest BCUT2D eigenvalue weighted by molar-refractivity contribution is -0.137. The lowest BCUT2D eigenvalue weighted by atomic mass is 9.55. The van der Waals surface area contributed by atoms with Crippen molar-refractivity contribution in [3.05, 3.63) is 53.1 Å². The van der Waals surface area contributed by atoms with Crippen LogP contribution in [0, 0.1) is 17.3 Å². The quantitative estimate of drug-likeness (QED) is 0.578. The van der Waals surface area contributed by atoms with Crippen molar-refractivity contribution in [3.8, 4) is 16.9 Å². The maximum atomic E-state index is 12.9. The number of phenols is 1. The summed E-state index contributed by atoms with van der Waals surface area (Å²) < 4.78 is 38.7. The van der Waals surface area contributed by atoms with Crippen molar-refractivity contribution in [1.82, 2.24) is 0 Å². The molecule has 5 heteroatoms. The molecule has 0 aromatic heterocycles. The van der Waals surface area contributed by atoms with Gasteiger partial charge in [-0.05, 0) is 90.8 Å². The normalized spacial score (nSPS) is 30.5. The summed E-state index contributed by atoms with van der Waals surface area (Å²) in [6, 6.07) is 8.77. The molecule has 0 spiro atoms. The summed E-state index contributed by atoms with van der Waals surface area (Å²) in [6.45, 7) is 2.14. The molecule has 2 fully saturated rings. The lowest BCUT2D eigenvalue weighted by Crippen LogP contribution is -2.42. The van der Waals surface area contributed by atoms with E-state index in [2.05, 4.69) is 6.92 Å². The van der Waals surface area contributed by atoms with Crippen molar-refractivity contribution < 1.29 is 23.1 Å². The molecule has 30 heavy (non-hydrogen) atoms. The van der Waals surface area contributed by atoms with Crippen LogP contribution in [0.3, 0.4) is 0 Å². The number of hydrogen-bond donors (Lipinski definition) is 1. The van der Waals surface area contributed by atoms with E-state index in [1.807, 2.05) is 6.07 Å². The summed E-state index contributed by atoms with van der Waals surface area (Å²) in [5.41, 5.74) is 2.63. The molecule has 0 amide bonds. The van der Waals surface area contributed by atoms with E-state index in [4.69, 9.17) is 0 Å². The second kappa shape index (κ2) is 6.60. The van der Waals surface area contributed by atoms with Gasteiger partial charge >= 0.3 is 6.18 Å². The zero-order valence-electron chi connectivity index (χ0n) is 16.9. The van der Waals surface area contributed by atoms with Gasteiger partial charge in [0.15, 0.2) is 0 Å². The van der Waals surface area contributed by atoms with E-state index in [9.17, 15) is 23.1 Å². The Kier molecular flexibility index (Phi) is 4.32. The first-order chi connectivity index (χ1) is 14.2. The third kappa shape index (κ3) is 2.89. The van der Waals surface area contributed by atoms with Crippen molar-refractivity contribution in [2.75, 3.05) is 0 Å². The molecule has 2 aromatic rings. The molecule has 3 aliphatic rings. The van der Waals surface area contributed by atoms with Crippen molar-refractivity contribution in [3.63, 3.8) is 0 Å². The number of carbonyl (C=O) groups excluding carboxylic acids is 1. The summed E-state index contributed by atoms with van der Waals surface area (Å²) in [6.07, 6.45) is 1.03. The van der Waals surface area contributed by atoms with Crippen LogP contribution in [0.1, 0.15) is 61.6 Å². The van der Waals surface area contributed by atoms with E-state index >= 15 is 0 Å². The SMILES string of the molecule is C[C@]12CC[C@@H]3c4cc(-c5ccc(C(F)(F)F)cc5)c(O)cc4CC[C@H]3[C@@H]1CCC2=O. The Morgan fingerprint density at radius 3 is 2.47 bits per heavy atom. The fourth-order valence-electron chi connectivity index (χ4n) is 6.45. The van der Waals surface area contributed by atoms with Crippen LogP contribution in [0.25, 0.3) is 11.1 Å².